The van der Waals surface area contributed by atoms with Gasteiger partial charge in [-0.1, -0.05) is 12.1 Å². The normalized spacial score (nSPS) is 17.6. The number of fused-ring (bicyclic) bond motifs is 1. The molecular weight excluding hydrogens is 258 g/mol. The van der Waals surface area contributed by atoms with E-state index in [9.17, 15) is 9.59 Å². The summed E-state index contributed by atoms with van der Waals surface area (Å²) in [5.41, 5.74) is 0.492. The van der Waals surface area contributed by atoms with Gasteiger partial charge in [-0.05, 0) is 31.9 Å². The van der Waals surface area contributed by atoms with Crippen molar-refractivity contribution in [1.29, 1.82) is 0 Å². The largest absolute Gasteiger partial charge is 0.480 e. The van der Waals surface area contributed by atoms with E-state index in [-0.39, 0.29) is 6.04 Å². The van der Waals surface area contributed by atoms with Crippen LogP contribution in [0.2, 0.25) is 0 Å². The summed E-state index contributed by atoms with van der Waals surface area (Å²) in [6, 6.07) is 7.22. The fourth-order valence-electron chi connectivity index (χ4n) is 2.24. The molecule has 0 saturated heterocycles. The van der Waals surface area contributed by atoms with Gasteiger partial charge in [0.25, 0.3) is 0 Å². The smallest absolute Gasteiger partial charge is 0.319 e. The van der Waals surface area contributed by atoms with Crippen molar-refractivity contribution >= 4 is 22.9 Å². The monoisotopic (exact) mass is 273 g/mol. The van der Waals surface area contributed by atoms with Gasteiger partial charge in [-0.2, -0.15) is 0 Å². The molecule has 1 amide bonds. The van der Waals surface area contributed by atoms with Gasteiger partial charge in [-0.3, -0.25) is 9.59 Å². The first-order chi connectivity index (χ1) is 9.53. The van der Waals surface area contributed by atoms with Gasteiger partial charge >= 0.3 is 5.97 Å². The second-order valence-electron chi connectivity index (χ2n) is 5.22. The number of amides is 1. The summed E-state index contributed by atoms with van der Waals surface area (Å²) in [6.45, 7) is 1.79. The van der Waals surface area contributed by atoms with E-state index < -0.39 is 17.3 Å². The van der Waals surface area contributed by atoms with Gasteiger partial charge in [-0.25, -0.2) is 4.98 Å². The van der Waals surface area contributed by atoms with Crippen LogP contribution in [0.4, 0.5) is 0 Å². The number of aliphatic carboxylic acids is 1. The van der Waals surface area contributed by atoms with Crippen molar-refractivity contribution in [1.82, 2.24) is 15.3 Å². The lowest BCUT2D eigenvalue weighted by Crippen LogP contribution is -2.38. The Bertz CT molecular complexity index is 655. The highest BCUT2D eigenvalue weighted by Gasteiger charge is 2.57. The molecule has 1 unspecified atom stereocenters. The van der Waals surface area contributed by atoms with Crippen LogP contribution in [0.15, 0.2) is 24.3 Å². The lowest BCUT2D eigenvalue weighted by Gasteiger charge is -2.15. The molecule has 6 heteroatoms. The predicted molar refractivity (Wildman–Crippen MR) is 72.0 cm³/mol. The number of aromatic amines is 1. The van der Waals surface area contributed by atoms with E-state index in [4.69, 9.17) is 5.11 Å². The molecule has 20 heavy (non-hydrogen) atoms. The number of rotatable bonds is 4. The highest BCUT2D eigenvalue weighted by Crippen LogP contribution is 2.46. The van der Waals surface area contributed by atoms with Crippen LogP contribution < -0.4 is 5.32 Å². The highest BCUT2D eigenvalue weighted by atomic mass is 16.4. The topological polar surface area (TPSA) is 95.1 Å². The highest BCUT2D eigenvalue weighted by molar-refractivity contribution is 6.04. The van der Waals surface area contributed by atoms with Crippen LogP contribution in [-0.4, -0.2) is 27.0 Å². The second-order valence-corrected chi connectivity index (χ2v) is 5.22. The molecule has 2 aromatic rings. The molecule has 0 aliphatic heterocycles. The Kier molecular flexibility index (Phi) is 2.74. The third-order valence-corrected chi connectivity index (χ3v) is 3.76. The second kappa shape index (κ2) is 4.33. The van der Waals surface area contributed by atoms with Crippen molar-refractivity contribution in [3.05, 3.63) is 30.1 Å². The van der Waals surface area contributed by atoms with E-state index in [1.165, 1.54) is 0 Å². The zero-order valence-corrected chi connectivity index (χ0v) is 11.0. The maximum absolute atomic E-state index is 12.0. The van der Waals surface area contributed by atoms with Crippen LogP contribution in [0, 0.1) is 5.41 Å². The van der Waals surface area contributed by atoms with E-state index in [1.807, 2.05) is 24.3 Å². The van der Waals surface area contributed by atoms with Crippen LogP contribution >= 0.6 is 0 Å². The van der Waals surface area contributed by atoms with Gasteiger partial charge < -0.3 is 15.4 Å². The minimum Gasteiger partial charge on any atom is -0.480 e. The Morgan fingerprint density at radius 1 is 1.40 bits per heavy atom. The van der Waals surface area contributed by atoms with Crippen molar-refractivity contribution in [2.75, 3.05) is 0 Å². The van der Waals surface area contributed by atoms with E-state index >= 15 is 0 Å². The summed E-state index contributed by atoms with van der Waals surface area (Å²) in [5, 5.41) is 11.8. The third-order valence-electron chi connectivity index (χ3n) is 3.76. The number of para-hydroxylation sites is 2. The summed E-state index contributed by atoms with van der Waals surface area (Å²) in [6.07, 6.45) is 0.808. The van der Waals surface area contributed by atoms with Crippen molar-refractivity contribution < 1.29 is 14.7 Å². The Labute approximate surface area is 115 Å². The first-order valence-electron chi connectivity index (χ1n) is 6.52. The molecule has 1 fully saturated rings. The van der Waals surface area contributed by atoms with Crippen molar-refractivity contribution in [3.8, 4) is 0 Å². The number of benzene rings is 1. The van der Waals surface area contributed by atoms with Crippen LogP contribution in [-0.2, 0) is 9.59 Å². The molecule has 0 spiro atoms. The van der Waals surface area contributed by atoms with E-state index in [0.717, 1.165) is 11.0 Å². The molecule has 1 aromatic heterocycles. The zero-order chi connectivity index (χ0) is 14.3. The third kappa shape index (κ3) is 1.93. The summed E-state index contributed by atoms with van der Waals surface area (Å²) in [4.78, 5) is 30.7. The van der Waals surface area contributed by atoms with Crippen molar-refractivity contribution in [2.45, 2.75) is 25.8 Å². The maximum Gasteiger partial charge on any atom is 0.319 e. The molecular formula is C14H15N3O3. The number of nitrogens with zero attached hydrogens (tertiary/aromatic N) is 1. The fourth-order valence-corrected chi connectivity index (χ4v) is 2.24. The predicted octanol–water partition coefficient (Wildman–Crippen LogP) is 1.60. The number of hydrogen-bond acceptors (Lipinski definition) is 3. The van der Waals surface area contributed by atoms with Crippen molar-refractivity contribution in [2.24, 2.45) is 5.41 Å². The summed E-state index contributed by atoms with van der Waals surface area (Å²) >= 11 is 0. The minimum absolute atomic E-state index is 0.355. The number of carboxylic acid groups (broad SMARTS) is 1. The van der Waals surface area contributed by atoms with Gasteiger partial charge in [0, 0.05) is 0 Å². The number of hydrogen-bond donors (Lipinski definition) is 3. The SMILES string of the molecule is CC(NC(=O)C1(C(=O)O)CC1)c1nc2ccccc2[nH]1. The molecule has 1 heterocycles. The Balaban J connectivity index is 1.78. The van der Waals surface area contributed by atoms with Gasteiger partial charge in [-0.15, -0.1) is 0 Å². The molecule has 1 saturated carbocycles. The fraction of sp³-hybridized carbons (Fsp3) is 0.357. The molecule has 1 aliphatic carbocycles. The summed E-state index contributed by atoms with van der Waals surface area (Å²) in [5.74, 6) is -0.856. The summed E-state index contributed by atoms with van der Waals surface area (Å²) < 4.78 is 0. The number of carbonyl (C=O) groups excluding carboxylic acids is 1. The Hall–Kier alpha value is -2.37. The number of aromatic nitrogens is 2. The lowest BCUT2D eigenvalue weighted by molar-refractivity contribution is -0.149. The quantitative estimate of drug-likeness (QED) is 0.737. The number of carbonyl (C=O) groups is 2. The Morgan fingerprint density at radius 3 is 2.70 bits per heavy atom. The van der Waals surface area contributed by atoms with Gasteiger partial charge in [0.05, 0.1) is 17.1 Å². The molecule has 1 aromatic carbocycles. The molecule has 0 radical (unpaired) electrons. The molecule has 1 aliphatic rings. The van der Waals surface area contributed by atoms with Crippen LogP contribution in [0.25, 0.3) is 11.0 Å². The maximum atomic E-state index is 12.0. The first-order valence-corrected chi connectivity index (χ1v) is 6.52. The van der Waals surface area contributed by atoms with E-state index in [0.29, 0.717) is 18.7 Å². The number of nitrogens with one attached hydrogen (secondary N) is 2. The first kappa shape index (κ1) is 12.7. The average molecular weight is 273 g/mol. The standard InChI is InChI=1S/C14H15N3O3/c1-8(15-12(18)14(6-7-14)13(19)20)11-16-9-4-2-3-5-10(9)17-11/h2-5,8H,6-7H2,1H3,(H,15,18)(H,16,17)(H,19,20). The molecule has 3 rings (SSSR count). The summed E-state index contributed by atoms with van der Waals surface area (Å²) in [7, 11) is 0. The molecule has 3 N–H and O–H groups in total. The number of carboxylic acids is 1. The molecule has 104 valence electrons. The van der Waals surface area contributed by atoms with Gasteiger partial charge in [0.1, 0.15) is 11.2 Å². The van der Waals surface area contributed by atoms with Crippen LogP contribution in [0.3, 0.4) is 0 Å². The van der Waals surface area contributed by atoms with Crippen molar-refractivity contribution in [3.63, 3.8) is 0 Å². The zero-order valence-electron chi connectivity index (χ0n) is 11.0. The van der Waals surface area contributed by atoms with Crippen LogP contribution in [0.5, 0.6) is 0 Å². The molecule has 1 atom stereocenters. The van der Waals surface area contributed by atoms with Crippen LogP contribution in [0.1, 0.15) is 31.6 Å². The average Bonchev–Trinajstić information content (AvgIpc) is 3.12. The minimum atomic E-state index is -1.22. The van der Waals surface area contributed by atoms with E-state index in [1.54, 1.807) is 6.92 Å². The molecule has 0 bridgehead atoms. The van der Waals surface area contributed by atoms with E-state index in [2.05, 4.69) is 15.3 Å². The lowest BCUT2D eigenvalue weighted by atomic mass is 10.1. The number of imidazole rings is 1. The Morgan fingerprint density at radius 2 is 2.10 bits per heavy atom. The van der Waals surface area contributed by atoms with Gasteiger partial charge in [0.15, 0.2) is 0 Å². The number of H-pyrrole nitrogens is 1. The molecule has 6 nitrogen and oxygen atoms in total. The van der Waals surface area contributed by atoms with Gasteiger partial charge in [0.2, 0.25) is 5.91 Å².